The predicted molar refractivity (Wildman–Crippen MR) is 118 cm³/mol. The molecule has 5 heteroatoms. The Labute approximate surface area is 175 Å². The number of nitrogens with one attached hydrogen (secondary N) is 2. The maximum absolute atomic E-state index is 12.6. The maximum Gasteiger partial charge on any atom is 0.251 e. The van der Waals surface area contributed by atoms with Crippen LogP contribution in [0.3, 0.4) is 0 Å². The summed E-state index contributed by atoms with van der Waals surface area (Å²) in [6, 6.07) is 27.1. The molecule has 0 saturated heterocycles. The van der Waals surface area contributed by atoms with Crippen LogP contribution < -0.4 is 10.1 Å². The minimum atomic E-state index is -0.0976. The number of H-pyrrole nitrogens is 1. The standard InChI is InChI=1S/C25H23N3O2/c1-17(18-7-4-3-5-8-18)26-25(29)20-13-11-19(12-14-20)23-16-24(28-27-23)21-9-6-10-22(15-21)30-2/h3-17H,1-2H3,(H,26,29)(H,27,28)/t17-/m1/s1. The van der Waals surface area contributed by atoms with Crippen molar-refractivity contribution in [3.8, 4) is 28.3 Å². The van der Waals surface area contributed by atoms with Crippen molar-refractivity contribution >= 4 is 5.91 Å². The molecule has 1 aromatic heterocycles. The van der Waals surface area contributed by atoms with Gasteiger partial charge in [0.25, 0.3) is 5.91 Å². The Morgan fingerprint density at radius 2 is 1.70 bits per heavy atom. The van der Waals surface area contributed by atoms with E-state index in [1.54, 1.807) is 7.11 Å². The number of carbonyl (C=O) groups is 1. The molecule has 0 radical (unpaired) electrons. The summed E-state index contributed by atoms with van der Waals surface area (Å²) in [4.78, 5) is 12.6. The van der Waals surface area contributed by atoms with Crippen LogP contribution in [-0.4, -0.2) is 23.2 Å². The average molecular weight is 397 g/mol. The highest BCUT2D eigenvalue weighted by Gasteiger charge is 2.12. The number of carbonyl (C=O) groups excluding carboxylic acids is 1. The molecule has 0 spiro atoms. The smallest absolute Gasteiger partial charge is 0.251 e. The van der Waals surface area contributed by atoms with Gasteiger partial charge in [0.2, 0.25) is 0 Å². The number of benzene rings is 3. The number of aromatic amines is 1. The van der Waals surface area contributed by atoms with Crippen molar-refractivity contribution in [1.82, 2.24) is 15.5 Å². The second-order valence-corrected chi connectivity index (χ2v) is 7.08. The van der Waals surface area contributed by atoms with Crippen LogP contribution in [0.2, 0.25) is 0 Å². The monoisotopic (exact) mass is 397 g/mol. The highest BCUT2D eigenvalue weighted by Crippen LogP contribution is 2.26. The summed E-state index contributed by atoms with van der Waals surface area (Å²) in [7, 11) is 1.65. The Kier molecular flexibility index (Phi) is 5.61. The van der Waals surface area contributed by atoms with E-state index in [2.05, 4.69) is 15.5 Å². The van der Waals surface area contributed by atoms with Crippen LogP contribution in [0.5, 0.6) is 5.75 Å². The zero-order valence-corrected chi connectivity index (χ0v) is 16.9. The highest BCUT2D eigenvalue weighted by atomic mass is 16.5. The lowest BCUT2D eigenvalue weighted by Crippen LogP contribution is -2.26. The molecule has 0 fully saturated rings. The molecule has 4 aromatic rings. The fraction of sp³-hybridized carbons (Fsp3) is 0.120. The predicted octanol–water partition coefficient (Wildman–Crippen LogP) is 5.24. The van der Waals surface area contributed by atoms with Gasteiger partial charge in [0.05, 0.1) is 24.5 Å². The van der Waals surface area contributed by atoms with Crippen molar-refractivity contribution in [1.29, 1.82) is 0 Å². The summed E-state index contributed by atoms with van der Waals surface area (Å²) < 4.78 is 5.28. The molecule has 1 atom stereocenters. The number of amides is 1. The van der Waals surface area contributed by atoms with Crippen molar-refractivity contribution < 1.29 is 9.53 Å². The number of hydrogen-bond acceptors (Lipinski definition) is 3. The third-order valence-electron chi connectivity index (χ3n) is 5.05. The first-order valence-corrected chi connectivity index (χ1v) is 9.80. The fourth-order valence-corrected chi connectivity index (χ4v) is 3.31. The van der Waals surface area contributed by atoms with E-state index in [0.29, 0.717) is 5.56 Å². The van der Waals surface area contributed by atoms with E-state index in [4.69, 9.17) is 4.74 Å². The van der Waals surface area contributed by atoms with E-state index < -0.39 is 0 Å². The molecular weight excluding hydrogens is 374 g/mol. The number of rotatable bonds is 6. The van der Waals surface area contributed by atoms with Gasteiger partial charge in [-0.25, -0.2) is 0 Å². The van der Waals surface area contributed by atoms with E-state index in [9.17, 15) is 4.79 Å². The number of methoxy groups -OCH3 is 1. The summed E-state index contributed by atoms with van der Waals surface area (Å²) in [5.41, 5.74) is 5.35. The molecule has 0 saturated carbocycles. The molecule has 0 aliphatic rings. The number of ether oxygens (including phenoxy) is 1. The third kappa shape index (κ3) is 4.25. The number of nitrogens with zero attached hydrogens (tertiary/aromatic N) is 1. The lowest BCUT2D eigenvalue weighted by Gasteiger charge is -2.14. The lowest BCUT2D eigenvalue weighted by molar-refractivity contribution is 0.0940. The fourth-order valence-electron chi connectivity index (χ4n) is 3.31. The molecule has 0 bridgehead atoms. The van der Waals surface area contributed by atoms with Gasteiger partial charge in [-0.1, -0.05) is 54.6 Å². The first-order chi connectivity index (χ1) is 14.6. The quantitative estimate of drug-likeness (QED) is 0.467. The molecule has 0 aliphatic heterocycles. The van der Waals surface area contributed by atoms with E-state index in [0.717, 1.165) is 33.8 Å². The minimum absolute atomic E-state index is 0.0589. The second kappa shape index (κ2) is 8.66. The molecule has 4 rings (SSSR count). The van der Waals surface area contributed by atoms with Gasteiger partial charge in [0.1, 0.15) is 5.75 Å². The summed E-state index contributed by atoms with van der Waals surface area (Å²) in [6.45, 7) is 1.98. The van der Waals surface area contributed by atoms with Crippen LogP contribution in [0, 0.1) is 0 Å². The topological polar surface area (TPSA) is 67.0 Å². The normalized spacial score (nSPS) is 11.7. The molecule has 150 valence electrons. The third-order valence-corrected chi connectivity index (χ3v) is 5.05. The van der Waals surface area contributed by atoms with Crippen LogP contribution >= 0.6 is 0 Å². The molecule has 1 heterocycles. The van der Waals surface area contributed by atoms with E-state index >= 15 is 0 Å². The largest absolute Gasteiger partial charge is 0.497 e. The zero-order chi connectivity index (χ0) is 20.9. The molecule has 30 heavy (non-hydrogen) atoms. The van der Waals surface area contributed by atoms with Crippen LogP contribution in [0.4, 0.5) is 0 Å². The first kappa shape index (κ1) is 19.5. The van der Waals surface area contributed by atoms with Gasteiger partial charge in [-0.15, -0.1) is 0 Å². The summed E-state index contributed by atoms with van der Waals surface area (Å²) >= 11 is 0. The average Bonchev–Trinajstić information content (AvgIpc) is 3.30. The summed E-state index contributed by atoms with van der Waals surface area (Å²) in [6.07, 6.45) is 0. The van der Waals surface area contributed by atoms with Gasteiger partial charge in [-0.2, -0.15) is 5.10 Å². The van der Waals surface area contributed by atoms with Gasteiger partial charge < -0.3 is 10.1 Å². The van der Waals surface area contributed by atoms with Crippen molar-refractivity contribution in [3.05, 3.63) is 96.1 Å². The Bertz CT molecular complexity index is 1130. The molecule has 3 aromatic carbocycles. The Morgan fingerprint density at radius 3 is 2.43 bits per heavy atom. The van der Waals surface area contributed by atoms with Crippen LogP contribution in [0.15, 0.2) is 84.9 Å². The molecule has 0 unspecified atom stereocenters. The number of hydrogen-bond donors (Lipinski definition) is 2. The molecule has 0 aliphatic carbocycles. The van der Waals surface area contributed by atoms with Crippen molar-refractivity contribution in [3.63, 3.8) is 0 Å². The van der Waals surface area contributed by atoms with Crippen molar-refractivity contribution in [2.45, 2.75) is 13.0 Å². The Morgan fingerprint density at radius 1 is 0.933 bits per heavy atom. The molecule has 1 amide bonds. The summed E-state index contributed by atoms with van der Waals surface area (Å²) in [5, 5.41) is 10.5. The van der Waals surface area contributed by atoms with Crippen LogP contribution in [0.25, 0.3) is 22.5 Å². The van der Waals surface area contributed by atoms with E-state index in [-0.39, 0.29) is 11.9 Å². The van der Waals surface area contributed by atoms with E-state index in [1.807, 2.05) is 91.9 Å². The van der Waals surface area contributed by atoms with E-state index in [1.165, 1.54) is 0 Å². The molecule has 5 nitrogen and oxygen atoms in total. The SMILES string of the molecule is COc1cccc(-c2cc(-c3ccc(C(=O)N[C@H](C)c4ccccc4)cc3)[nH]n2)c1. The van der Waals surface area contributed by atoms with Gasteiger partial charge in [-0.05, 0) is 48.4 Å². The van der Waals surface area contributed by atoms with Crippen molar-refractivity contribution in [2.75, 3.05) is 7.11 Å². The molecular formula is C25H23N3O2. The number of aromatic nitrogens is 2. The van der Waals surface area contributed by atoms with Crippen LogP contribution in [-0.2, 0) is 0 Å². The lowest BCUT2D eigenvalue weighted by atomic mass is 10.1. The van der Waals surface area contributed by atoms with Crippen molar-refractivity contribution in [2.24, 2.45) is 0 Å². The Balaban J connectivity index is 1.47. The highest BCUT2D eigenvalue weighted by molar-refractivity contribution is 5.94. The van der Waals surface area contributed by atoms with Crippen LogP contribution in [0.1, 0.15) is 28.9 Å². The maximum atomic E-state index is 12.6. The molecule has 2 N–H and O–H groups in total. The summed E-state index contributed by atoms with van der Waals surface area (Å²) in [5.74, 6) is 0.691. The van der Waals surface area contributed by atoms with Gasteiger partial charge in [-0.3, -0.25) is 9.89 Å². The van der Waals surface area contributed by atoms with Gasteiger partial charge >= 0.3 is 0 Å². The zero-order valence-electron chi connectivity index (χ0n) is 16.9. The van der Waals surface area contributed by atoms with Gasteiger partial charge in [0, 0.05) is 11.1 Å². The minimum Gasteiger partial charge on any atom is -0.497 e. The van der Waals surface area contributed by atoms with Gasteiger partial charge in [0.15, 0.2) is 0 Å². The first-order valence-electron chi connectivity index (χ1n) is 9.80. The Hall–Kier alpha value is -3.86. The second-order valence-electron chi connectivity index (χ2n) is 7.08.